The Kier molecular flexibility index (Phi) is 5.30. The van der Waals surface area contributed by atoms with Crippen LogP contribution in [0.1, 0.15) is 32.6 Å². The van der Waals surface area contributed by atoms with Gasteiger partial charge < -0.3 is 11.1 Å². The summed E-state index contributed by atoms with van der Waals surface area (Å²) in [5.41, 5.74) is 13.9. The van der Waals surface area contributed by atoms with Crippen molar-refractivity contribution in [2.45, 2.75) is 20.8 Å². The first-order valence-corrected chi connectivity index (χ1v) is 11.0. The molecule has 7 nitrogen and oxygen atoms in total. The van der Waals surface area contributed by atoms with Gasteiger partial charge in [0.05, 0.1) is 17.2 Å². The van der Waals surface area contributed by atoms with Gasteiger partial charge in [0, 0.05) is 5.69 Å². The minimum atomic E-state index is -0.361. The van der Waals surface area contributed by atoms with Gasteiger partial charge in [0.2, 0.25) is 0 Å². The molecule has 0 unspecified atom stereocenters. The molecule has 0 saturated heterocycles. The highest BCUT2D eigenvalue weighted by molar-refractivity contribution is 6.16. The van der Waals surface area contributed by atoms with Gasteiger partial charge in [-0.05, 0) is 61.7 Å². The number of anilines is 2. The van der Waals surface area contributed by atoms with Crippen LogP contribution >= 0.6 is 0 Å². The first kappa shape index (κ1) is 21.3. The molecule has 0 atom stereocenters. The average Bonchev–Trinajstić information content (AvgIpc) is 3.08. The van der Waals surface area contributed by atoms with Gasteiger partial charge in [0.25, 0.3) is 5.91 Å². The van der Waals surface area contributed by atoms with Gasteiger partial charge in [-0.2, -0.15) is 9.78 Å². The third-order valence-electron chi connectivity index (χ3n) is 5.83. The zero-order valence-electron chi connectivity index (χ0n) is 19.2. The Bertz CT molecular complexity index is 1600. The molecule has 0 aliphatic rings. The van der Waals surface area contributed by atoms with Crippen LogP contribution in [0.4, 0.5) is 11.5 Å². The zero-order valence-corrected chi connectivity index (χ0v) is 19.2. The molecule has 1 amide bonds. The number of hydrogen-bond acceptors (Lipinski definition) is 5. The van der Waals surface area contributed by atoms with Crippen LogP contribution in [0, 0.1) is 20.8 Å². The smallest absolute Gasteiger partial charge is 0.261 e. The molecule has 168 valence electrons. The van der Waals surface area contributed by atoms with E-state index >= 15 is 0 Å². The molecular formula is C27H24N6O. The molecule has 0 fully saturated rings. The monoisotopic (exact) mass is 448 g/mol. The summed E-state index contributed by atoms with van der Waals surface area (Å²) in [5, 5.41) is 7.52. The van der Waals surface area contributed by atoms with Crippen molar-refractivity contribution in [3.8, 4) is 0 Å². The fourth-order valence-electron chi connectivity index (χ4n) is 3.88. The molecule has 7 heteroatoms. The Balaban J connectivity index is 1.65. The second-order valence-corrected chi connectivity index (χ2v) is 8.37. The molecule has 3 aromatic carbocycles. The molecule has 0 bridgehead atoms. The zero-order chi connectivity index (χ0) is 23.8. The van der Waals surface area contributed by atoms with E-state index in [0.717, 1.165) is 22.3 Å². The molecular weight excluding hydrogens is 424 g/mol. The number of nitrogens with two attached hydrogens (primary N) is 1. The summed E-state index contributed by atoms with van der Waals surface area (Å²) < 4.78 is 1.48. The van der Waals surface area contributed by atoms with Gasteiger partial charge in [0.15, 0.2) is 5.65 Å². The third-order valence-corrected chi connectivity index (χ3v) is 5.83. The molecule has 2 heterocycles. The maximum Gasteiger partial charge on any atom is 0.261 e. The molecule has 5 rings (SSSR count). The second-order valence-electron chi connectivity index (χ2n) is 8.37. The van der Waals surface area contributed by atoms with Crippen LogP contribution in [0.2, 0.25) is 0 Å². The summed E-state index contributed by atoms with van der Waals surface area (Å²) in [4.78, 5) is 22.8. The number of nitrogens with zero attached hydrogens (tertiary/aromatic N) is 4. The number of rotatable bonds is 4. The maximum atomic E-state index is 13.4. The highest BCUT2D eigenvalue weighted by Crippen LogP contribution is 2.29. The fourth-order valence-corrected chi connectivity index (χ4v) is 3.88. The predicted molar refractivity (Wildman–Crippen MR) is 137 cm³/mol. The van der Waals surface area contributed by atoms with Crippen molar-refractivity contribution in [2.75, 3.05) is 11.1 Å². The Morgan fingerprint density at radius 1 is 0.941 bits per heavy atom. The summed E-state index contributed by atoms with van der Waals surface area (Å²) in [5.74, 6) is -0.185. The predicted octanol–water partition coefficient (Wildman–Crippen LogP) is 5.23. The summed E-state index contributed by atoms with van der Waals surface area (Å²) >= 11 is 0. The van der Waals surface area contributed by atoms with E-state index in [4.69, 9.17) is 15.7 Å². The Morgan fingerprint density at radius 3 is 2.44 bits per heavy atom. The van der Waals surface area contributed by atoms with E-state index in [1.165, 1.54) is 4.68 Å². The molecule has 2 aromatic heterocycles. The number of amides is 1. The third kappa shape index (κ3) is 3.88. The lowest BCUT2D eigenvalue weighted by atomic mass is 10.1. The first-order chi connectivity index (χ1) is 16.4. The van der Waals surface area contributed by atoms with Gasteiger partial charge in [-0.3, -0.25) is 4.79 Å². The van der Waals surface area contributed by atoms with E-state index in [0.29, 0.717) is 27.9 Å². The van der Waals surface area contributed by atoms with Crippen molar-refractivity contribution in [3.63, 3.8) is 0 Å². The van der Waals surface area contributed by atoms with Gasteiger partial charge in [0.1, 0.15) is 16.9 Å². The van der Waals surface area contributed by atoms with E-state index in [-0.39, 0.29) is 17.3 Å². The first-order valence-electron chi connectivity index (χ1n) is 11.0. The highest BCUT2D eigenvalue weighted by Gasteiger charge is 2.24. The van der Waals surface area contributed by atoms with E-state index in [9.17, 15) is 4.79 Å². The number of hydrogen-bond donors (Lipinski definition) is 2. The van der Waals surface area contributed by atoms with Crippen LogP contribution in [-0.2, 0) is 0 Å². The van der Waals surface area contributed by atoms with Gasteiger partial charge >= 0.3 is 0 Å². The normalized spacial score (nSPS) is 11.5. The van der Waals surface area contributed by atoms with Crippen LogP contribution in [0.5, 0.6) is 0 Å². The van der Waals surface area contributed by atoms with Gasteiger partial charge in [-0.15, -0.1) is 0 Å². The van der Waals surface area contributed by atoms with Gasteiger partial charge in [-0.1, -0.05) is 48.0 Å². The number of nitrogens with one attached hydrogen (secondary N) is 1. The lowest BCUT2D eigenvalue weighted by Gasteiger charge is -2.08. The maximum absolute atomic E-state index is 13.4. The van der Waals surface area contributed by atoms with Crippen LogP contribution in [0.25, 0.3) is 22.2 Å². The summed E-state index contributed by atoms with van der Waals surface area (Å²) in [7, 11) is 0. The lowest BCUT2D eigenvalue weighted by molar-refractivity contribution is 0.102. The number of aromatic nitrogens is 3. The Hall–Kier alpha value is -4.52. The van der Waals surface area contributed by atoms with E-state index in [1.54, 1.807) is 6.21 Å². The summed E-state index contributed by atoms with van der Waals surface area (Å²) in [6, 6.07) is 21.2. The average molecular weight is 449 g/mol. The quantitative estimate of drug-likeness (QED) is 0.368. The number of para-hydroxylation sites is 2. The Labute approximate surface area is 197 Å². The van der Waals surface area contributed by atoms with E-state index in [2.05, 4.69) is 10.4 Å². The number of benzene rings is 3. The standard InChI is InChI=1S/C27H24N6O/c1-16-7-6-8-19(13-16)15-29-33-25(28)23(27(34)30-20-12-11-17(2)18(3)14-20)24-26(33)32-22-10-5-4-9-21(22)31-24/h4-15H,28H2,1-3H3,(H,30,34)/b29-15+. The molecule has 0 aliphatic heterocycles. The Morgan fingerprint density at radius 2 is 1.71 bits per heavy atom. The van der Waals surface area contributed by atoms with E-state index < -0.39 is 0 Å². The SMILES string of the molecule is Cc1cccc(/C=N/n2c(N)c(C(=O)Nc3ccc(C)c(C)c3)c3nc4ccccc4nc32)c1. The minimum absolute atomic E-state index is 0.176. The second kappa shape index (κ2) is 8.44. The van der Waals surface area contributed by atoms with Crippen molar-refractivity contribution >= 4 is 45.8 Å². The number of carbonyl (C=O) groups excluding carboxylic acids is 1. The molecule has 0 spiro atoms. The minimum Gasteiger partial charge on any atom is -0.383 e. The topological polar surface area (TPSA) is 98.2 Å². The lowest BCUT2D eigenvalue weighted by Crippen LogP contribution is -2.14. The molecule has 34 heavy (non-hydrogen) atoms. The van der Waals surface area contributed by atoms with Crippen molar-refractivity contribution in [2.24, 2.45) is 5.10 Å². The fraction of sp³-hybridized carbons (Fsp3) is 0.111. The van der Waals surface area contributed by atoms with Crippen molar-refractivity contribution in [1.29, 1.82) is 0 Å². The number of carbonyl (C=O) groups is 1. The molecule has 0 aliphatic carbocycles. The van der Waals surface area contributed by atoms with Crippen LogP contribution in [0.15, 0.2) is 71.8 Å². The van der Waals surface area contributed by atoms with E-state index in [1.807, 2.05) is 87.5 Å². The van der Waals surface area contributed by atoms with Gasteiger partial charge in [-0.25, -0.2) is 9.97 Å². The van der Waals surface area contributed by atoms with Crippen LogP contribution in [-0.4, -0.2) is 26.8 Å². The number of fused-ring (bicyclic) bond motifs is 2. The number of aryl methyl sites for hydroxylation is 3. The summed E-state index contributed by atoms with van der Waals surface area (Å²) in [6.07, 6.45) is 1.70. The summed E-state index contributed by atoms with van der Waals surface area (Å²) in [6.45, 7) is 6.05. The molecule has 5 aromatic rings. The molecule has 0 radical (unpaired) electrons. The van der Waals surface area contributed by atoms with Crippen LogP contribution in [0.3, 0.4) is 0 Å². The van der Waals surface area contributed by atoms with Crippen LogP contribution < -0.4 is 11.1 Å². The van der Waals surface area contributed by atoms with Crippen molar-refractivity contribution in [1.82, 2.24) is 14.6 Å². The highest BCUT2D eigenvalue weighted by atomic mass is 16.1. The number of nitrogen functional groups attached to an aromatic ring is 1. The molecule has 0 saturated carbocycles. The molecule has 3 N–H and O–H groups in total. The van der Waals surface area contributed by atoms with Crippen molar-refractivity contribution < 1.29 is 4.79 Å². The van der Waals surface area contributed by atoms with Crippen molar-refractivity contribution in [3.05, 3.63) is 94.5 Å². The largest absolute Gasteiger partial charge is 0.383 e.